The van der Waals surface area contributed by atoms with Gasteiger partial charge in [-0.25, -0.2) is 4.57 Å². The number of nitrogens with zero attached hydrogens (tertiary/aromatic N) is 2. The van der Waals surface area contributed by atoms with Crippen LogP contribution in [0.5, 0.6) is 0 Å². The Morgan fingerprint density at radius 2 is 1.61 bits per heavy atom. The molecule has 0 saturated heterocycles. The molecule has 0 aliphatic heterocycles. The fourth-order valence-corrected chi connectivity index (χ4v) is 4.93. The number of para-hydroxylation sites is 2. The molecule has 4 rings (SSSR count). The van der Waals surface area contributed by atoms with Gasteiger partial charge in [-0.15, -0.1) is 0 Å². The second kappa shape index (κ2) is 8.11. The second-order valence-electron chi connectivity index (χ2n) is 9.08. The molecule has 1 aliphatic rings. The van der Waals surface area contributed by atoms with E-state index in [9.17, 15) is 0 Å². The van der Waals surface area contributed by atoms with Crippen LogP contribution in [0.25, 0.3) is 16.7 Å². The van der Waals surface area contributed by atoms with Crippen LogP contribution in [0.4, 0.5) is 0 Å². The highest BCUT2D eigenvalue weighted by atomic mass is 15.2. The molecule has 1 saturated carbocycles. The molecule has 0 spiro atoms. The van der Waals surface area contributed by atoms with Crippen LogP contribution in [0, 0.1) is 11.8 Å². The van der Waals surface area contributed by atoms with Crippen LogP contribution < -0.4 is 4.57 Å². The van der Waals surface area contributed by atoms with Crippen molar-refractivity contribution in [1.82, 2.24) is 4.57 Å². The van der Waals surface area contributed by atoms with Gasteiger partial charge in [0.25, 0.3) is 0 Å². The molecule has 0 N–H and O–H groups in total. The maximum atomic E-state index is 2.55. The van der Waals surface area contributed by atoms with E-state index in [-0.39, 0.29) is 0 Å². The lowest BCUT2D eigenvalue weighted by Crippen LogP contribution is -2.41. The summed E-state index contributed by atoms with van der Waals surface area (Å²) in [6, 6.07) is 18.6. The quantitative estimate of drug-likeness (QED) is 0.433. The zero-order chi connectivity index (χ0) is 19.7. The van der Waals surface area contributed by atoms with E-state index in [1.165, 1.54) is 54.4 Å². The number of rotatable bonds is 5. The molecule has 0 amide bonds. The first kappa shape index (κ1) is 19.2. The molecule has 2 heteroatoms. The van der Waals surface area contributed by atoms with E-state index in [0.717, 1.165) is 11.8 Å². The van der Waals surface area contributed by atoms with E-state index in [4.69, 9.17) is 0 Å². The average molecular weight is 376 g/mol. The van der Waals surface area contributed by atoms with E-state index in [2.05, 4.69) is 91.7 Å². The lowest BCUT2D eigenvalue weighted by atomic mass is 9.78. The number of benzene rings is 2. The fourth-order valence-electron chi connectivity index (χ4n) is 4.93. The van der Waals surface area contributed by atoms with Gasteiger partial charge in [0.05, 0.1) is 0 Å². The first-order valence-corrected chi connectivity index (χ1v) is 11.2. The SMILES string of the molecule is CCC(C)C1CCC([n+]2cn(-c3ccc(C(C)C)cc3)c3ccccc32)CC1. The van der Waals surface area contributed by atoms with Crippen molar-refractivity contribution >= 4 is 11.0 Å². The minimum atomic E-state index is 0.570. The normalized spacial score (nSPS) is 21.3. The van der Waals surface area contributed by atoms with Crippen LogP contribution in [0.1, 0.15) is 77.3 Å². The van der Waals surface area contributed by atoms with E-state index >= 15 is 0 Å². The number of hydrogen-bond donors (Lipinski definition) is 0. The summed E-state index contributed by atoms with van der Waals surface area (Å²) < 4.78 is 4.93. The van der Waals surface area contributed by atoms with Gasteiger partial charge in [-0.05, 0) is 73.3 Å². The first-order chi connectivity index (χ1) is 13.6. The average Bonchev–Trinajstić information content (AvgIpc) is 3.13. The van der Waals surface area contributed by atoms with E-state index in [0.29, 0.717) is 12.0 Å². The Labute approximate surface area is 170 Å². The largest absolute Gasteiger partial charge is 0.250 e. The molecule has 1 atom stereocenters. The third kappa shape index (κ3) is 3.62. The first-order valence-electron chi connectivity index (χ1n) is 11.2. The number of imidazole rings is 1. The number of aromatic nitrogens is 2. The topological polar surface area (TPSA) is 8.81 Å². The monoisotopic (exact) mass is 375 g/mol. The highest BCUT2D eigenvalue weighted by Gasteiger charge is 2.30. The third-order valence-electron chi connectivity index (χ3n) is 7.08. The van der Waals surface area contributed by atoms with Crippen molar-refractivity contribution in [3.05, 3.63) is 60.4 Å². The van der Waals surface area contributed by atoms with Crippen molar-refractivity contribution < 1.29 is 4.57 Å². The van der Waals surface area contributed by atoms with Crippen LogP contribution in [-0.4, -0.2) is 4.57 Å². The lowest BCUT2D eigenvalue weighted by Gasteiger charge is -2.30. The Balaban J connectivity index is 1.66. The minimum absolute atomic E-state index is 0.570. The summed E-state index contributed by atoms with van der Waals surface area (Å²) >= 11 is 0. The molecule has 3 aromatic rings. The standard InChI is InChI=1S/C26H35N2/c1-5-20(4)22-12-16-24(17-13-22)28-18-27(25-8-6-7-9-26(25)28)23-14-10-21(11-15-23)19(2)3/h6-11,14-15,18-20,22,24H,5,12-13,16-17H2,1-4H3/q+1. The molecular formula is C26H35N2+. The Morgan fingerprint density at radius 3 is 2.25 bits per heavy atom. The fraction of sp³-hybridized carbons (Fsp3) is 0.500. The summed E-state index contributed by atoms with van der Waals surface area (Å²) in [7, 11) is 0. The van der Waals surface area contributed by atoms with Gasteiger partial charge in [0.1, 0.15) is 11.7 Å². The zero-order valence-corrected chi connectivity index (χ0v) is 17.9. The summed E-state index contributed by atoms with van der Waals surface area (Å²) in [4.78, 5) is 0. The van der Waals surface area contributed by atoms with Crippen LogP contribution >= 0.6 is 0 Å². The van der Waals surface area contributed by atoms with Crippen molar-refractivity contribution in [1.29, 1.82) is 0 Å². The summed E-state index contributed by atoms with van der Waals surface area (Å²) in [5.41, 5.74) is 5.33. The van der Waals surface area contributed by atoms with Gasteiger partial charge in [-0.3, -0.25) is 0 Å². The molecule has 0 radical (unpaired) electrons. The number of fused-ring (bicyclic) bond motifs is 1. The Hall–Kier alpha value is -2.09. The zero-order valence-electron chi connectivity index (χ0n) is 17.9. The maximum absolute atomic E-state index is 2.55. The van der Waals surface area contributed by atoms with Gasteiger partial charge in [-0.1, -0.05) is 58.4 Å². The molecule has 1 aliphatic carbocycles. The van der Waals surface area contributed by atoms with E-state index in [1.807, 2.05) is 0 Å². The molecule has 1 fully saturated rings. The van der Waals surface area contributed by atoms with Gasteiger partial charge in [0, 0.05) is 0 Å². The van der Waals surface area contributed by atoms with Crippen LogP contribution in [-0.2, 0) is 0 Å². The van der Waals surface area contributed by atoms with Crippen molar-refractivity contribution in [3.8, 4) is 5.69 Å². The smallest absolute Gasteiger partial charge is 0.227 e. The van der Waals surface area contributed by atoms with Crippen molar-refractivity contribution in [3.63, 3.8) is 0 Å². The minimum Gasteiger partial charge on any atom is -0.227 e. The van der Waals surface area contributed by atoms with Crippen molar-refractivity contribution in [2.75, 3.05) is 0 Å². The maximum Gasteiger partial charge on any atom is 0.250 e. The van der Waals surface area contributed by atoms with Gasteiger partial charge in [0.15, 0.2) is 11.0 Å². The molecular weight excluding hydrogens is 340 g/mol. The van der Waals surface area contributed by atoms with E-state index in [1.54, 1.807) is 0 Å². The van der Waals surface area contributed by atoms with Crippen molar-refractivity contribution in [2.24, 2.45) is 11.8 Å². The highest BCUT2D eigenvalue weighted by Crippen LogP contribution is 2.35. The molecule has 1 aromatic heterocycles. The predicted octanol–water partition coefficient (Wildman–Crippen LogP) is 6.82. The summed E-state index contributed by atoms with van der Waals surface area (Å²) in [5.74, 6) is 2.35. The Morgan fingerprint density at radius 1 is 0.929 bits per heavy atom. The lowest BCUT2D eigenvalue weighted by molar-refractivity contribution is -0.702. The third-order valence-corrected chi connectivity index (χ3v) is 7.08. The Bertz CT molecular complexity index is 911. The van der Waals surface area contributed by atoms with Gasteiger partial charge in [0.2, 0.25) is 6.33 Å². The molecule has 28 heavy (non-hydrogen) atoms. The molecule has 2 aromatic carbocycles. The van der Waals surface area contributed by atoms with Crippen LogP contribution in [0.2, 0.25) is 0 Å². The van der Waals surface area contributed by atoms with Gasteiger partial charge >= 0.3 is 0 Å². The van der Waals surface area contributed by atoms with Crippen LogP contribution in [0.3, 0.4) is 0 Å². The summed E-state index contributed by atoms with van der Waals surface area (Å²) in [5, 5.41) is 0. The van der Waals surface area contributed by atoms with Gasteiger partial charge < -0.3 is 0 Å². The van der Waals surface area contributed by atoms with Crippen molar-refractivity contribution in [2.45, 2.75) is 71.8 Å². The highest BCUT2D eigenvalue weighted by molar-refractivity contribution is 5.74. The van der Waals surface area contributed by atoms with Gasteiger partial charge in [-0.2, -0.15) is 4.57 Å². The predicted molar refractivity (Wildman–Crippen MR) is 118 cm³/mol. The molecule has 1 heterocycles. The number of hydrogen-bond acceptors (Lipinski definition) is 0. The molecule has 148 valence electrons. The Kier molecular flexibility index (Phi) is 5.57. The molecule has 2 nitrogen and oxygen atoms in total. The molecule has 1 unspecified atom stereocenters. The van der Waals surface area contributed by atoms with Crippen LogP contribution in [0.15, 0.2) is 54.9 Å². The second-order valence-corrected chi connectivity index (χ2v) is 9.08. The molecule has 0 bridgehead atoms. The summed E-state index contributed by atoms with van der Waals surface area (Å²) in [6.07, 6.45) is 9.02. The summed E-state index contributed by atoms with van der Waals surface area (Å²) in [6.45, 7) is 9.28. The van der Waals surface area contributed by atoms with E-state index < -0.39 is 0 Å².